The van der Waals surface area contributed by atoms with E-state index < -0.39 is 8.32 Å². The van der Waals surface area contributed by atoms with E-state index in [9.17, 15) is 0 Å². The van der Waals surface area contributed by atoms with Crippen LogP contribution >= 0.6 is 0 Å². The summed E-state index contributed by atoms with van der Waals surface area (Å²) in [4.78, 5) is 0. The van der Waals surface area contributed by atoms with Gasteiger partial charge >= 0.3 is 0 Å². The van der Waals surface area contributed by atoms with Crippen molar-refractivity contribution in [2.75, 3.05) is 19.8 Å². The highest BCUT2D eigenvalue weighted by Gasteiger charge is 2.64. The van der Waals surface area contributed by atoms with E-state index in [1.54, 1.807) is 0 Å². The van der Waals surface area contributed by atoms with Gasteiger partial charge in [-0.1, -0.05) is 67.5 Å². The van der Waals surface area contributed by atoms with Crippen molar-refractivity contribution in [3.63, 3.8) is 0 Å². The van der Waals surface area contributed by atoms with E-state index in [0.29, 0.717) is 22.5 Å². The number of ether oxygens (including phenoxy) is 2. The predicted molar refractivity (Wildman–Crippen MR) is 128 cm³/mol. The molecule has 0 bridgehead atoms. The summed E-state index contributed by atoms with van der Waals surface area (Å²) in [5, 5.41) is 0. The lowest BCUT2D eigenvalue weighted by atomic mass is 9.47. The molecule has 0 N–H and O–H groups in total. The minimum atomic E-state index is -1.84. The lowest BCUT2D eigenvalue weighted by molar-refractivity contribution is -0.286. The highest BCUT2D eigenvalue weighted by atomic mass is 28.4. The minimum absolute atomic E-state index is 0.0698. The van der Waals surface area contributed by atoms with E-state index in [0.717, 1.165) is 45.5 Å². The van der Waals surface area contributed by atoms with Crippen molar-refractivity contribution in [2.24, 2.45) is 16.7 Å². The first-order valence-electron chi connectivity index (χ1n) is 12.6. The molecule has 3 fully saturated rings. The summed E-state index contributed by atoms with van der Waals surface area (Å²) >= 11 is 0. The third-order valence-electron chi connectivity index (χ3n) is 9.60. The average molecular weight is 437 g/mol. The SMILES string of the molecule is C=C1CC[C@]2(C)[C@H](CCCC23OCCO3)[C@@]1(C)CCO[Si](C(C)C)(C(C)C)C(C)C. The molecule has 3 nitrogen and oxygen atoms in total. The van der Waals surface area contributed by atoms with Crippen molar-refractivity contribution >= 4 is 8.32 Å². The third-order valence-corrected chi connectivity index (χ3v) is 15.7. The van der Waals surface area contributed by atoms with Gasteiger partial charge in [0, 0.05) is 18.4 Å². The molecule has 0 aromatic rings. The maximum atomic E-state index is 7.00. The molecule has 3 rings (SSSR count). The number of hydrogen-bond donors (Lipinski definition) is 0. The van der Waals surface area contributed by atoms with Crippen molar-refractivity contribution < 1.29 is 13.9 Å². The van der Waals surface area contributed by atoms with Gasteiger partial charge in [-0.15, -0.1) is 0 Å². The smallest absolute Gasteiger partial charge is 0.200 e. The van der Waals surface area contributed by atoms with E-state index in [4.69, 9.17) is 13.9 Å². The second-order valence-corrected chi connectivity index (χ2v) is 17.2. The van der Waals surface area contributed by atoms with Gasteiger partial charge in [-0.05, 0) is 60.1 Å². The molecular formula is C26H48O3Si. The summed E-state index contributed by atoms with van der Waals surface area (Å²) < 4.78 is 19.7. The molecule has 174 valence electrons. The maximum Gasteiger partial charge on any atom is 0.200 e. The van der Waals surface area contributed by atoms with Crippen LogP contribution in [0.4, 0.5) is 0 Å². The van der Waals surface area contributed by atoms with Crippen LogP contribution in [-0.4, -0.2) is 33.9 Å². The fraction of sp³-hybridized carbons (Fsp3) is 0.923. The molecule has 30 heavy (non-hydrogen) atoms. The third kappa shape index (κ3) is 3.58. The molecule has 3 atom stereocenters. The fourth-order valence-corrected chi connectivity index (χ4v) is 13.4. The second kappa shape index (κ2) is 8.65. The van der Waals surface area contributed by atoms with Crippen LogP contribution in [0.5, 0.6) is 0 Å². The normalized spacial score (nSPS) is 34.4. The minimum Gasteiger partial charge on any atom is -0.416 e. The zero-order chi connectivity index (χ0) is 22.4. The van der Waals surface area contributed by atoms with Gasteiger partial charge in [0.2, 0.25) is 0 Å². The molecule has 1 spiro atoms. The van der Waals surface area contributed by atoms with Gasteiger partial charge in [0.15, 0.2) is 14.1 Å². The lowest BCUT2D eigenvalue weighted by Gasteiger charge is -2.61. The molecule has 4 heteroatoms. The van der Waals surface area contributed by atoms with Gasteiger partial charge in [0.25, 0.3) is 0 Å². The average Bonchev–Trinajstić information content (AvgIpc) is 3.13. The molecule has 0 radical (unpaired) electrons. The maximum absolute atomic E-state index is 7.00. The van der Waals surface area contributed by atoms with Crippen LogP contribution in [-0.2, 0) is 13.9 Å². The van der Waals surface area contributed by atoms with E-state index in [2.05, 4.69) is 62.0 Å². The molecule has 0 aromatic heterocycles. The van der Waals surface area contributed by atoms with Gasteiger partial charge in [0.05, 0.1) is 13.2 Å². The molecule has 2 aliphatic carbocycles. The highest BCUT2D eigenvalue weighted by molar-refractivity contribution is 6.77. The second-order valence-electron chi connectivity index (χ2n) is 11.7. The summed E-state index contributed by atoms with van der Waals surface area (Å²) in [6.07, 6.45) is 6.77. The van der Waals surface area contributed by atoms with Gasteiger partial charge in [-0.2, -0.15) is 0 Å². The van der Waals surface area contributed by atoms with Crippen LogP contribution in [0.25, 0.3) is 0 Å². The van der Waals surface area contributed by atoms with E-state index in [1.165, 1.54) is 18.4 Å². The molecule has 1 saturated heterocycles. The van der Waals surface area contributed by atoms with Crippen molar-refractivity contribution in [1.29, 1.82) is 0 Å². The Bertz CT molecular complexity index is 600. The van der Waals surface area contributed by atoms with Gasteiger partial charge in [-0.3, -0.25) is 0 Å². The zero-order valence-electron chi connectivity index (χ0n) is 21.1. The first-order chi connectivity index (χ1) is 14.0. The van der Waals surface area contributed by atoms with Crippen LogP contribution in [0.3, 0.4) is 0 Å². The Balaban J connectivity index is 1.83. The van der Waals surface area contributed by atoms with Crippen molar-refractivity contribution in [2.45, 2.75) is 116 Å². The summed E-state index contributed by atoms with van der Waals surface area (Å²) in [5.74, 6) is 0.181. The van der Waals surface area contributed by atoms with E-state index in [-0.39, 0.29) is 16.6 Å². The Morgan fingerprint density at radius 3 is 2.10 bits per heavy atom. The first-order valence-corrected chi connectivity index (χ1v) is 14.7. The lowest BCUT2D eigenvalue weighted by Crippen LogP contribution is -2.60. The van der Waals surface area contributed by atoms with Crippen LogP contribution < -0.4 is 0 Å². The topological polar surface area (TPSA) is 27.7 Å². The Kier molecular flexibility index (Phi) is 7.06. The largest absolute Gasteiger partial charge is 0.416 e. The highest BCUT2D eigenvalue weighted by Crippen LogP contribution is 2.65. The van der Waals surface area contributed by atoms with Gasteiger partial charge in [-0.25, -0.2) is 0 Å². The summed E-state index contributed by atoms with van der Waals surface area (Å²) in [6, 6.07) is 0. The fourth-order valence-electron chi connectivity index (χ4n) is 7.96. The van der Waals surface area contributed by atoms with Gasteiger partial charge in [0.1, 0.15) is 0 Å². The summed E-state index contributed by atoms with van der Waals surface area (Å²) in [7, 11) is -1.84. The molecule has 3 aliphatic rings. The molecule has 2 saturated carbocycles. The number of rotatable bonds is 7. The summed E-state index contributed by atoms with van der Waals surface area (Å²) in [5.41, 5.74) is 3.48. The molecule has 1 heterocycles. The molecule has 0 amide bonds. The molecule has 0 aromatic carbocycles. The van der Waals surface area contributed by atoms with Crippen molar-refractivity contribution in [3.05, 3.63) is 12.2 Å². The Morgan fingerprint density at radius 2 is 1.57 bits per heavy atom. The predicted octanol–water partition coefficient (Wildman–Crippen LogP) is 7.47. The summed E-state index contributed by atoms with van der Waals surface area (Å²) in [6.45, 7) is 26.1. The van der Waals surface area contributed by atoms with Gasteiger partial charge < -0.3 is 13.9 Å². The van der Waals surface area contributed by atoms with Crippen LogP contribution in [0.15, 0.2) is 12.2 Å². The number of allylic oxidation sites excluding steroid dienone is 1. The Labute approximate surface area is 187 Å². The molecule has 0 unspecified atom stereocenters. The van der Waals surface area contributed by atoms with Crippen LogP contribution in [0, 0.1) is 16.7 Å². The Hall–Kier alpha value is -0.163. The molecular weight excluding hydrogens is 388 g/mol. The van der Waals surface area contributed by atoms with Crippen LogP contribution in [0.1, 0.15) is 93.9 Å². The number of fused-ring (bicyclic) bond motifs is 2. The Morgan fingerprint density at radius 1 is 1.00 bits per heavy atom. The van der Waals surface area contributed by atoms with Crippen LogP contribution in [0.2, 0.25) is 16.6 Å². The van der Waals surface area contributed by atoms with Crippen molar-refractivity contribution in [1.82, 2.24) is 0 Å². The number of hydrogen-bond acceptors (Lipinski definition) is 3. The van der Waals surface area contributed by atoms with Crippen molar-refractivity contribution in [3.8, 4) is 0 Å². The quantitative estimate of drug-likeness (QED) is 0.306. The molecule has 1 aliphatic heterocycles. The van der Waals surface area contributed by atoms with E-state index >= 15 is 0 Å². The monoisotopic (exact) mass is 436 g/mol. The first kappa shape index (κ1) is 24.5. The van der Waals surface area contributed by atoms with E-state index in [1.807, 2.05) is 0 Å². The standard InChI is InChI=1S/C26H48O3Si/c1-19(2)30(20(3)4,21(5)6)29-16-15-24(8)22(7)12-14-25(9)23(24)11-10-13-26(25)27-17-18-28-26/h19-21,23H,7,10-18H2,1-6,8-9H3/t23-,24+,25-/m1/s1. The zero-order valence-corrected chi connectivity index (χ0v) is 22.1.